The zero-order chi connectivity index (χ0) is 14.7. The van der Waals surface area contributed by atoms with Crippen LogP contribution in [0.15, 0.2) is 12.5 Å². The van der Waals surface area contributed by atoms with Gasteiger partial charge in [0.25, 0.3) is 0 Å². The molecule has 21 heavy (non-hydrogen) atoms. The number of likely N-dealkylation sites (tertiary alicyclic amines) is 1. The molecule has 2 aliphatic heterocycles. The Balaban J connectivity index is 1.47. The summed E-state index contributed by atoms with van der Waals surface area (Å²) in [4.78, 5) is 20.4. The molecule has 3 rings (SSSR count). The predicted molar refractivity (Wildman–Crippen MR) is 78.7 cm³/mol. The topological polar surface area (TPSA) is 50.6 Å². The Morgan fingerprint density at radius 2 is 2.19 bits per heavy atom. The van der Waals surface area contributed by atoms with Gasteiger partial charge in [-0.2, -0.15) is 0 Å². The van der Waals surface area contributed by atoms with Crippen molar-refractivity contribution in [2.24, 2.45) is 5.92 Å². The van der Waals surface area contributed by atoms with E-state index >= 15 is 0 Å². The van der Waals surface area contributed by atoms with Crippen LogP contribution in [0.5, 0.6) is 0 Å². The number of hydrogen-bond donors (Lipinski definition) is 0. The highest BCUT2D eigenvalue weighted by molar-refractivity contribution is 5.77. The van der Waals surface area contributed by atoms with Gasteiger partial charge in [0.1, 0.15) is 6.61 Å². The average molecular weight is 292 g/mol. The summed E-state index contributed by atoms with van der Waals surface area (Å²) < 4.78 is 7.89. The Hall–Kier alpha value is -1.40. The van der Waals surface area contributed by atoms with E-state index in [2.05, 4.69) is 21.5 Å². The molecule has 6 nitrogen and oxygen atoms in total. The van der Waals surface area contributed by atoms with Crippen molar-refractivity contribution in [2.75, 3.05) is 39.9 Å². The van der Waals surface area contributed by atoms with Gasteiger partial charge >= 0.3 is 0 Å². The first-order valence-corrected chi connectivity index (χ1v) is 7.75. The van der Waals surface area contributed by atoms with Crippen LogP contribution in [-0.2, 0) is 22.6 Å². The number of ether oxygens (including phenoxy) is 1. The molecular formula is C15H24N4O2. The summed E-state index contributed by atoms with van der Waals surface area (Å²) in [6, 6.07) is 0. The molecule has 0 N–H and O–H groups in total. The van der Waals surface area contributed by atoms with Crippen LogP contribution in [0.1, 0.15) is 18.5 Å². The molecule has 1 fully saturated rings. The van der Waals surface area contributed by atoms with Gasteiger partial charge in [0.2, 0.25) is 5.91 Å². The summed E-state index contributed by atoms with van der Waals surface area (Å²) in [6.07, 6.45) is 6.07. The van der Waals surface area contributed by atoms with E-state index in [0.29, 0.717) is 12.5 Å². The minimum absolute atomic E-state index is 0.137. The molecule has 0 unspecified atom stereocenters. The molecule has 0 radical (unpaired) electrons. The SMILES string of the molecule is CN1Cc2cncn2C[C@@H](COCC(=O)N2CCCC2)C1. The molecule has 0 bridgehead atoms. The zero-order valence-electron chi connectivity index (χ0n) is 12.7. The van der Waals surface area contributed by atoms with Crippen LogP contribution >= 0.6 is 0 Å². The number of imidazole rings is 1. The fourth-order valence-electron chi connectivity index (χ4n) is 3.24. The molecule has 116 valence electrons. The second kappa shape index (κ2) is 6.58. The van der Waals surface area contributed by atoms with Gasteiger partial charge in [-0.25, -0.2) is 4.98 Å². The molecule has 1 atom stereocenters. The second-order valence-corrected chi connectivity index (χ2v) is 6.20. The minimum atomic E-state index is 0.137. The van der Waals surface area contributed by atoms with Crippen LogP contribution < -0.4 is 0 Å². The van der Waals surface area contributed by atoms with Gasteiger partial charge in [-0.05, 0) is 19.9 Å². The predicted octanol–water partition coefficient (Wildman–Crippen LogP) is 0.584. The lowest BCUT2D eigenvalue weighted by Crippen LogP contribution is -2.33. The molecular weight excluding hydrogens is 268 g/mol. The van der Waals surface area contributed by atoms with E-state index < -0.39 is 0 Å². The lowest BCUT2D eigenvalue weighted by atomic mass is 10.1. The molecule has 0 aliphatic carbocycles. The quantitative estimate of drug-likeness (QED) is 0.815. The minimum Gasteiger partial charge on any atom is -0.371 e. The maximum atomic E-state index is 12.0. The number of rotatable bonds is 4. The molecule has 1 amide bonds. The van der Waals surface area contributed by atoms with E-state index in [9.17, 15) is 4.79 Å². The van der Waals surface area contributed by atoms with Crippen LogP contribution in [0.4, 0.5) is 0 Å². The first kappa shape index (κ1) is 14.5. The highest BCUT2D eigenvalue weighted by Crippen LogP contribution is 2.15. The Kier molecular flexibility index (Phi) is 4.55. The van der Waals surface area contributed by atoms with Crippen molar-refractivity contribution in [3.8, 4) is 0 Å². The highest BCUT2D eigenvalue weighted by Gasteiger charge is 2.21. The number of amides is 1. The number of carbonyl (C=O) groups excluding carboxylic acids is 1. The smallest absolute Gasteiger partial charge is 0.248 e. The van der Waals surface area contributed by atoms with Crippen LogP contribution in [-0.4, -0.2) is 65.2 Å². The summed E-state index contributed by atoms with van der Waals surface area (Å²) in [5.41, 5.74) is 1.24. The van der Waals surface area contributed by atoms with Gasteiger partial charge in [-0.15, -0.1) is 0 Å². The van der Waals surface area contributed by atoms with Gasteiger partial charge in [-0.3, -0.25) is 4.79 Å². The fraction of sp³-hybridized carbons (Fsp3) is 0.733. The molecule has 2 aliphatic rings. The number of aromatic nitrogens is 2. The largest absolute Gasteiger partial charge is 0.371 e. The van der Waals surface area contributed by atoms with Crippen LogP contribution in [0.3, 0.4) is 0 Å². The van der Waals surface area contributed by atoms with E-state index in [4.69, 9.17) is 4.74 Å². The molecule has 3 heterocycles. The normalized spacial score (nSPS) is 23.1. The van der Waals surface area contributed by atoms with E-state index in [1.165, 1.54) is 5.69 Å². The van der Waals surface area contributed by atoms with E-state index in [-0.39, 0.29) is 12.5 Å². The van der Waals surface area contributed by atoms with Crippen molar-refractivity contribution in [2.45, 2.75) is 25.9 Å². The molecule has 6 heteroatoms. The fourth-order valence-corrected chi connectivity index (χ4v) is 3.24. The molecule has 1 aromatic heterocycles. The number of nitrogens with zero attached hydrogens (tertiary/aromatic N) is 4. The van der Waals surface area contributed by atoms with Crippen molar-refractivity contribution in [1.29, 1.82) is 0 Å². The Morgan fingerprint density at radius 1 is 1.38 bits per heavy atom. The standard InChI is InChI=1S/C15H24N4O2/c1-17-7-13(8-19-12-16-6-14(19)9-17)10-21-11-15(20)18-4-2-3-5-18/h6,12-13H,2-5,7-11H2,1H3/t13-/m0/s1. The monoisotopic (exact) mass is 292 g/mol. The van der Waals surface area contributed by atoms with Crippen molar-refractivity contribution >= 4 is 5.91 Å². The summed E-state index contributed by atoms with van der Waals surface area (Å²) in [6.45, 7) is 5.46. The third kappa shape index (κ3) is 3.63. The summed E-state index contributed by atoms with van der Waals surface area (Å²) in [5, 5.41) is 0. The van der Waals surface area contributed by atoms with Gasteiger partial charge in [0, 0.05) is 44.8 Å². The lowest BCUT2D eigenvalue weighted by molar-refractivity contribution is -0.135. The van der Waals surface area contributed by atoms with Gasteiger partial charge < -0.3 is 19.1 Å². The van der Waals surface area contributed by atoms with Crippen molar-refractivity contribution in [1.82, 2.24) is 19.4 Å². The van der Waals surface area contributed by atoms with Crippen molar-refractivity contribution in [3.05, 3.63) is 18.2 Å². The summed E-state index contributed by atoms with van der Waals surface area (Å²) >= 11 is 0. The van der Waals surface area contributed by atoms with Gasteiger partial charge in [-0.1, -0.05) is 0 Å². The van der Waals surface area contributed by atoms with E-state index in [0.717, 1.165) is 45.6 Å². The molecule has 0 saturated carbocycles. The van der Waals surface area contributed by atoms with Gasteiger partial charge in [0.05, 0.1) is 18.6 Å². The molecule has 1 saturated heterocycles. The van der Waals surface area contributed by atoms with Crippen LogP contribution in [0, 0.1) is 5.92 Å². The first-order chi connectivity index (χ1) is 10.2. The lowest BCUT2D eigenvalue weighted by Gasteiger charge is -2.20. The van der Waals surface area contributed by atoms with Crippen molar-refractivity contribution < 1.29 is 9.53 Å². The second-order valence-electron chi connectivity index (χ2n) is 6.20. The highest BCUT2D eigenvalue weighted by atomic mass is 16.5. The maximum absolute atomic E-state index is 12.0. The van der Waals surface area contributed by atoms with Crippen LogP contribution in [0.25, 0.3) is 0 Å². The van der Waals surface area contributed by atoms with Crippen molar-refractivity contribution in [3.63, 3.8) is 0 Å². The number of fused-ring (bicyclic) bond motifs is 1. The summed E-state index contributed by atoms with van der Waals surface area (Å²) in [5.74, 6) is 0.537. The average Bonchev–Trinajstić information content (AvgIpc) is 3.09. The third-order valence-electron chi connectivity index (χ3n) is 4.29. The molecule has 1 aromatic rings. The Bertz CT molecular complexity index is 482. The Morgan fingerprint density at radius 3 is 3.00 bits per heavy atom. The third-order valence-corrected chi connectivity index (χ3v) is 4.29. The number of carbonyl (C=O) groups is 1. The maximum Gasteiger partial charge on any atom is 0.248 e. The molecule has 0 spiro atoms. The van der Waals surface area contributed by atoms with E-state index in [1.54, 1.807) is 0 Å². The Labute approximate surface area is 125 Å². The zero-order valence-corrected chi connectivity index (χ0v) is 12.7. The van der Waals surface area contributed by atoms with E-state index in [1.807, 2.05) is 17.4 Å². The van der Waals surface area contributed by atoms with Crippen LogP contribution in [0.2, 0.25) is 0 Å². The number of hydrogen-bond acceptors (Lipinski definition) is 4. The summed E-state index contributed by atoms with van der Waals surface area (Å²) in [7, 11) is 2.12. The first-order valence-electron chi connectivity index (χ1n) is 7.75. The molecule has 0 aromatic carbocycles. The van der Waals surface area contributed by atoms with Gasteiger partial charge in [0.15, 0.2) is 0 Å².